The molecule has 1 aromatic carbocycles. The number of hydrogen-bond donors (Lipinski definition) is 1. The van der Waals surface area contributed by atoms with Gasteiger partial charge in [0.15, 0.2) is 0 Å². The summed E-state index contributed by atoms with van der Waals surface area (Å²) in [4.78, 5) is 2.49. The number of halogens is 1. The van der Waals surface area contributed by atoms with Gasteiger partial charge in [-0.3, -0.25) is 0 Å². The average Bonchev–Trinajstić information content (AvgIpc) is 2.45. The fraction of sp³-hybridized carbons (Fsp3) is 0.600. The van der Waals surface area contributed by atoms with Gasteiger partial charge >= 0.3 is 0 Å². The molecule has 0 aromatic heterocycles. The lowest BCUT2D eigenvalue weighted by Crippen LogP contribution is -2.38. The van der Waals surface area contributed by atoms with Crippen molar-refractivity contribution < 1.29 is 5.11 Å². The molecule has 0 bridgehead atoms. The highest BCUT2D eigenvalue weighted by Crippen LogP contribution is 2.26. The minimum Gasteiger partial charge on any atom is -0.388 e. The molecule has 1 aromatic rings. The number of aliphatic hydroxyl groups excluding tert-OH is 1. The Kier molecular flexibility index (Phi) is 6.20. The zero-order valence-corrected chi connectivity index (χ0v) is 13.8. The highest BCUT2D eigenvalue weighted by atomic mass is 79.9. The van der Waals surface area contributed by atoms with Crippen LogP contribution in [0.25, 0.3) is 0 Å². The Morgan fingerprint density at radius 1 is 1.47 bits per heavy atom. The lowest BCUT2D eigenvalue weighted by Gasteiger charge is -2.32. The number of nitrogens with zero attached hydrogens (tertiary/aromatic N) is 1. The van der Waals surface area contributed by atoms with Crippen molar-refractivity contribution in [1.82, 2.24) is 4.90 Å². The SMILES string of the molecule is CCC1CN(CCC(O)c2ccccc2Br)CCS1. The number of hydrogen-bond acceptors (Lipinski definition) is 3. The number of benzene rings is 1. The zero-order chi connectivity index (χ0) is 13.7. The van der Waals surface area contributed by atoms with Crippen molar-refractivity contribution in [2.45, 2.75) is 31.1 Å². The fourth-order valence-corrected chi connectivity index (χ4v) is 4.23. The molecule has 1 saturated heterocycles. The second-order valence-corrected chi connectivity index (χ2v) is 7.29. The second-order valence-electron chi connectivity index (χ2n) is 5.03. The Morgan fingerprint density at radius 3 is 3.00 bits per heavy atom. The molecular weight excluding hydrogens is 322 g/mol. The zero-order valence-electron chi connectivity index (χ0n) is 11.4. The van der Waals surface area contributed by atoms with Crippen LogP contribution in [0, 0.1) is 0 Å². The van der Waals surface area contributed by atoms with Gasteiger partial charge in [0.05, 0.1) is 6.10 Å². The van der Waals surface area contributed by atoms with Crippen LogP contribution in [-0.4, -0.2) is 40.6 Å². The van der Waals surface area contributed by atoms with Gasteiger partial charge in [0, 0.05) is 35.1 Å². The molecule has 1 N–H and O–H groups in total. The standard InChI is InChI=1S/C15H22BrNOS/c1-2-12-11-17(9-10-19-12)8-7-15(18)13-5-3-4-6-14(13)16/h3-6,12,15,18H,2,7-11H2,1H3. The monoisotopic (exact) mass is 343 g/mol. The van der Waals surface area contributed by atoms with Gasteiger partial charge < -0.3 is 10.0 Å². The molecule has 0 spiro atoms. The van der Waals surface area contributed by atoms with Gasteiger partial charge in [0.2, 0.25) is 0 Å². The molecule has 2 rings (SSSR count). The van der Waals surface area contributed by atoms with E-state index in [1.54, 1.807) is 0 Å². The summed E-state index contributed by atoms with van der Waals surface area (Å²) in [6, 6.07) is 7.95. The summed E-state index contributed by atoms with van der Waals surface area (Å²) in [5, 5.41) is 11.1. The van der Waals surface area contributed by atoms with Crippen molar-refractivity contribution in [2.75, 3.05) is 25.4 Å². The number of thioether (sulfide) groups is 1. The van der Waals surface area contributed by atoms with E-state index in [0.29, 0.717) is 0 Å². The first-order valence-electron chi connectivity index (χ1n) is 6.97. The van der Waals surface area contributed by atoms with E-state index in [1.807, 2.05) is 24.3 Å². The molecule has 2 unspecified atom stereocenters. The maximum Gasteiger partial charge on any atom is 0.0813 e. The average molecular weight is 344 g/mol. The third kappa shape index (κ3) is 4.48. The van der Waals surface area contributed by atoms with E-state index < -0.39 is 0 Å². The summed E-state index contributed by atoms with van der Waals surface area (Å²) in [5.74, 6) is 1.23. The summed E-state index contributed by atoms with van der Waals surface area (Å²) in [5.41, 5.74) is 1.00. The summed E-state index contributed by atoms with van der Waals surface area (Å²) in [7, 11) is 0. The molecule has 1 heterocycles. The molecule has 0 amide bonds. The van der Waals surface area contributed by atoms with Gasteiger partial charge in [-0.15, -0.1) is 0 Å². The molecule has 2 atom stereocenters. The highest BCUT2D eigenvalue weighted by molar-refractivity contribution is 9.10. The van der Waals surface area contributed by atoms with E-state index in [1.165, 1.54) is 18.7 Å². The first-order valence-corrected chi connectivity index (χ1v) is 8.81. The Hall–Kier alpha value is -0.0300. The molecule has 19 heavy (non-hydrogen) atoms. The van der Waals surface area contributed by atoms with Crippen molar-refractivity contribution in [2.24, 2.45) is 0 Å². The van der Waals surface area contributed by atoms with Crippen LogP contribution in [0.3, 0.4) is 0 Å². The Balaban J connectivity index is 1.83. The number of aliphatic hydroxyl groups is 1. The van der Waals surface area contributed by atoms with Crippen molar-refractivity contribution in [3.05, 3.63) is 34.3 Å². The Labute approximate surface area is 128 Å². The van der Waals surface area contributed by atoms with Crippen LogP contribution < -0.4 is 0 Å². The van der Waals surface area contributed by atoms with E-state index in [2.05, 4.69) is 39.5 Å². The van der Waals surface area contributed by atoms with Crippen molar-refractivity contribution in [3.8, 4) is 0 Å². The van der Waals surface area contributed by atoms with E-state index in [-0.39, 0.29) is 6.10 Å². The van der Waals surface area contributed by atoms with Crippen LogP contribution in [0.15, 0.2) is 28.7 Å². The Morgan fingerprint density at radius 2 is 2.26 bits per heavy atom. The summed E-state index contributed by atoms with van der Waals surface area (Å²) >= 11 is 5.60. The van der Waals surface area contributed by atoms with Gasteiger partial charge in [-0.2, -0.15) is 11.8 Å². The van der Waals surface area contributed by atoms with Crippen LogP contribution in [0.1, 0.15) is 31.4 Å². The quantitative estimate of drug-likeness (QED) is 0.881. The molecule has 0 saturated carbocycles. The molecule has 0 radical (unpaired) electrons. The van der Waals surface area contributed by atoms with Crippen molar-refractivity contribution in [1.29, 1.82) is 0 Å². The fourth-order valence-electron chi connectivity index (χ4n) is 2.44. The molecule has 1 aliphatic heterocycles. The van der Waals surface area contributed by atoms with Crippen molar-refractivity contribution >= 4 is 27.7 Å². The summed E-state index contributed by atoms with van der Waals surface area (Å²) < 4.78 is 1.00. The maximum absolute atomic E-state index is 10.3. The molecule has 1 aliphatic rings. The molecule has 4 heteroatoms. The van der Waals surface area contributed by atoms with Gasteiger partial charge in [-0.05, 0) is 24.5 Å². The van der Waals surface area contributed by atoms with Crippen LogP contribution >= 0.6 is 27.7 Å². The van der Waals surface area contributed by atoms with Crippen LogP contribution in [0.4, 0.5) is 0 Å². The molecule has 0 aliphatic carbocycles. The van der Waals surface area contributed by atoms with E-state index in [9.17, 15) is 5.11 Å². The maximum atomic E-state index is 10.3. The third-order valence-electron chi connectivity index (χ3n) is 3.66. The van der Waals surface area contributed by atoms with Crippen LogP contribution in [-0.2, 0) is 0 Å². The largest absolute Gasteiger partial charge is 0.388 e. The van der Waals surface area contributed by atoms with Gasteiger partial charge in [0.1, 0.15) is 0 Å². The predicted octanol–water partition coefficient (Wildman–Crippen LogP) is 3.70. The van der Waals surface area contributed by atoms with Crippen LogP contribution in [0.2, 0.25) is 0 Å². The van der Waals surface area contributed by atoms with Gasteiger partial charge in [-0.1, -0.05) is 41.1 Å². The van der Waals surface area contributed by atoms with E-state index >= 15 is 0 Å². The van der Waals surface area contributed by atoms with Gasteiger partial charge in [-0.25, -0.2) is 0 Å². The molecule has 2 nitrogen and oxygen atoms in total. The molecule has 106 valence electrons. The number of rotatable bonds is 5. The smallest absolute Gasteiger partial charge is 0.0813 e. The minimum absolute atomic E-state index is 0.370. The van der Waals surface area contributed by atoms with E-state index in [0.717, 1.165) is 34.8 Å². The summed E-state index contributed by atoms with van der Waals surface area (Å²) in [6.07, 6.45) is 1.68. The van der Waals surface area contributed by atoms with E-state index in [4.69, 9.17) is 0 Å². The summed E-state index contributed by atoms with van der Waals surface area (Å²) in [6.45, 7) is 5.57. The van der Waals surface area contributed by atoms with Gasteiger partial charge in [0.25, 0.3) is 0 Å². The predicted molar refractivity (Wildman–Crippen MR) is 86.7 cm³/mol. The molecular formula is C15H22BrNOS. The second kappa shape index (κ2) is 7.67. The highest BCUT2D eigenvalue weighted by Gasteiger charge is 2.20. The minimum atomic E-state index is -0.370. The topological polar surface area (TPSA) is 23.5 Å². The molecule has 1 fully saturated rings. The van der Waals surface area contributed by atoms with Crippen LogP contribution in [0.5, 0.6) is 0 Å². The lowest BCUT2D eigenvalue weighted by atomic mass is 10.1. The van der Waals surface area contributed by atoms with Crippen molar-refractivity contribution in [3.63, 3.8) is 0 Å². The third-order valence-corrected chi connectivity index (χ3v) is 5.76. The first-order chi connectivity index (χ1) is 9.20. The normalized spacial score (nSPS) is 22.4. The lowest BCUT2D eigenvalue weighted by molar-refractivity contribution is 0.142. The first kappa shape index (κ1) is 15.4. The Bertz CT molecular complexity index is 401.